The minimum Gasteiger partial charge on any atom is -0.271 e. The number of pyridine rings is 1. The number of benzene rings is 1. The third kappa shape index (κ3) is 2.78. The Labute approximate surface area is 115 Å². The van der Waals surface area contributed by atoms with Crippen molar-refractivity contribution >= 4 is 15.9 Å². The highest BCUT2D eigenvalue weighted by Crippen LogP contribution is 2.25. The van der Waals surface area contributed by atoms with Gasteiger partial charge in [0.25, 0.3) is 0 Å². The van der Waals surface area contributed by atoms with Gasteiger partial charge in [-0.05, 0) is 34.1 Å². The van der Waals surface area contributed by atoms with Crippen LogP contribution in [0.4, 0.5) is 13.2 Å². The molecule has 1 aromatic carbocycles. The third-order valence-electron chi connectivity index (χ3n) is 2.59. The number of aromatic nitrogens is 1. The molecule has 3 N–H and O–H groups in total. The van der Waals surface area contributed by atoms with E-state index < -0.39 is 23.5 Å². The quantitative estimate of drug-likeness (QED) is 0.516. The first-order valence-corrected chi connectivity index (χ1v) is 6.05. The Morgan fingerprint density at radius 1 is 1.11 bits per heavy atom. The van der Waals surface area contributed by atoms with Gasteiger partial charge in [0.2, 0.25) is 0 Å². The number of halogens is 4. The molecule has 2 aromatic rings. The number of rotatable bonds is 3. The molecule has 0 saturated carbocycles. The molecule has 2 rings (SSSR count). The van der Waals surface area contributed by atoms with Gasteiger partial charge in [0, 0.05) is 16.2 Å². The molecule has 0 radical (unpaired) electrons. The molecule has 0 spiro atoms. The lowest BCUT2D eigenvalue weighted by molar-refractivity contribution is 0.432. The maximum absolute atomic E-state index is 13.7. The van der Waals surface area contributed by atoms with E-state index in [9.17, 15) is 13.2 Å². The van der Waals surface area contributed by atoms with E-state index in [0.29, 0.717) is 5.69 Å². The Bertz CT molecular complexity index is 590. The van der Waals surface area contributed by atoms with E-state index in [2.05, 4.69) is 26.3 Å². The molecule has 1 aromatic heterocycles. The van der Waals surface area contributed by atoms with Crippen molar-refractivity contribution in [3.8, 4) is 0 Å². The summed E-state index contributed by atoms with van der Waals surface area (Å²) in [4.78, 5) is 4.05. The first kappa shape index (κ1) is 14.0. The Balaban J connectivity index is 2.48. The van der Waals surface area contributed by atoms with Crippen molar-refractivity contribution in [2.24, 2.45) is 5.84 Å². The highest BCUT2D eigenvalue weighted by atomic mass is 79.9. The summed E-state index contributed by atoms with van der Waals surface area (Å²) in [6.07, 6.45) is 1.50. The van der Waals surface area contributed by atoms with E-state index in [4.69, 9.17) is 5.84 Å². The highest BCUT2D eigenvalue weighted by Gasteiger charge is 2.22. The van der Waals surface area contributed by atoms with E-state index in [1.54, 1.807) is 12.1 Å². The minimum atomic E-state index is -1.53. The number of nitrogens with zero attached hydrogens (tertiary/aromatic N) is 1. The summed E-state index contributed by atoms with van der Waals surface area (Å²) in [5.41, 5.74) is 2.60. The third-order valence-corrected chi connectivity index (χ3v) is 3.06. The normalized spacial score (nSPS) is 12.5. The molecule has 1 atom stereocenters. The maximum Gasteiger partial charge on any atom is 0.194 e. The summed E-state index contributed by atoms with van der Waals surface area (Å²) >= 11 is 3.21. The van der Waals surface area contributed by atoms with Crippen molar-refractivity contribution < 1.29 is 13.2 Å². The average molecular weight is 332 g/mol. The van der Waals surface area contributed by atoms with Gasteiger partial charge in [0.15, 0.2) is 17.5 Å². The number of hydrogen-bond donors (Lipinski definition) is 2. The van der Waals surface area contributed by atoms with Crippen molar-refractivity contribution in [2.45, 2.75) is 6.04 Å². The standard InChI is InChI=1S/C12H9BrF3N3/c13-6-1-4-9(18-5-6)12(19-17)7-2-3-8(14)11(16)10(7)15/h1-5,12,19H,17H2. The SMILES string of the molecule is NNC(c1ccc(Br)cn1)c1ccc(F)c(F)c1F. The molecule has 0 aliphatic carbocycles. The molecule has 0 saturated heterocycles. The molecule has 0 amide bonds. The molecular formula is C12H9BrF3N3. The largest absolute Gasteiger partial charge is 0.271 e. The fourth-order valence-electron chi connectivity index (χ4n) is 1.66. The van der Waals surface area contributed by atoms with Crippen LogP contribution >= 0.6 is 15.9 Å². The van der Waals surface area contributed by atoms with Crippen LogP contribution in [0.1, 0.15) is 17.3 Å². The van der Waals surface area contributed by atoms with Crippen LogP contribution in [0.15, 0.2) is 34.9 Å². The van der Waals surface area contributed by atoms with E-state index in [1.807, 2.05) is 0 Å². The summed E-state index contributed by atoms with van der Waals surface area (Å²) in [5, 5.41) is 0. The monoisotopic (exact) mass is 331 g/mol. The number of hydrazine groups is 1. The van der Waals surface area contributed by atoms with Crippen molar-refractivity contribution in [3.05, 3.63) is 63.6 Å². The van der Waals surface area contributed by atoms with Crippen LogP contribution in [0.3, 0.4) is 0 Å². The molecule has 7 heteroatoms. The van der Waals surface area contributed by atoms with Crippen LogP contribution in [0, 0.1) is 17.5 Å². The highest BCUT2D eigenvalue weighted by molar-refractivity contribution is 9.10. The van der Waals surface area contributed by atoms with Gasteiger partial charge in [0.1, 0.15) is 0 Å². The average Bonchev–Trinajstić information content (AvgIpc) is 2.41. The van der Waals surface area contributed by atoms with Gasteiger partial charge >= 0.3 is 0 Å². The van der Waals surface area contributed by atoms with Crippen molar-refractivity contribution in [1.29, 1.82) is 0 Å². The predicted molar refractivity (Wildman–Crippen MR) is 67.4 cm³/mol. The van der Waals surface area contributed by atoms with Crippen molar-refractivity contribution in [3.63, 3.8) is 0 Å². The molecule has 1 heterocycles. The van der Waals surface area contributed by atoms with Crippen LogP contribution in [0.5, 0.6) is 0 Å². The van der Waals surface area contributed by atoms with E-state index in [1.165, 1.54) is 6.20 Å². The van der Waals surface area contributed by atoms with Crippen LogP contribution in [-0.2, 0) is 0 Å². The fourth-order valence-corrected chi connectivity index (χ4v) is 1.89. The summed E-state index contributed by atoms with van der Waals surface area (Å²) in [6, 6.07) is 4.38. The second-order valence-corrected chi connectivity index (χ2v) is 4.68. The van der Waals surface area contributed by atoms with E-state index >= 15 is 0 Å². The van der Waals surface area contributed by atoms with Gasteiger partial charge in [-0.15, -0.1) is 0 Å². The first-order chi connectivity index (χ1) is 9.04. The zero-order valence-electron chi connectivity index (χ0n) is 9.50. The molecular weight excluding hydrogens is 323 g/mol. The topological polar surface area (TPSA) is 50.9 Å². The Kier molecular flexibility index (Phi) is 4.18. The van der Waals surface area contributed by atoms with Crippen molar-refractivity contribution in [1.82, 2.24) is 10.4 Å². The zero-order chi connectivity index (χ0) is 14.0. The summed E-state index contributed by atoms with van der Waals surface area (Å²) in [5.74, 6) is 1.28. The predicted octanol–water partition coefficient (Wildman–Crippen LogP) is 2.81. The van der Waals surface area contributed by atoms with Gasteiger partial charge < -0.3 is 0 Å². The van der Waals surface area contributed by atoms with Gasteiger partial charge in [-0.3, -0.25) is 10.8 Å². The Hall–Kier alpha value is -1.44. The lowest BCUT2D eigenvalue weighted by atomic mass is 10.0. The summed E-state index contributed by atoms with van der Waals surface area (Å²) < 4.78 is 40.6. The van der Waals surface area contributed by atoms with E-state index in [0.717, 1.165) is 16.6 Å². The molecule has 0 aliphatic rings. The molecule has 0 fully saturated rings. The summed E-state index contributed by atoms with van der Waals surface area (Å²) in [7, 11) is 0. The lowest BCUT2D eigenvalue weighted by Crippen LogP contribution is -2.30. The molecule has 19 heavy (non-hydrogen) atoms. The molecule has 0 aliphatic heterocycles. The molecule has 3 nitrogen and oxygen atoms in total. The minimum absolute atomic E-state index is 0.115. The zero-order valence-corrected chi connectivity index (χ0v) is 11.1. The number of nitrogens with one attached hydrogen (secondary N) is 1. The van der Waals surface area contributed by atoms with Crippen LogP contribution < -0.4 is 11.3 Å². The van der Waals surface area contributed by atoms with E-state index in [-0.39, 0.29) is 5.56 Å². The Morgan fingerprint density at radius 2 is 1.84 bits per heavy atom. The van der Waals surface area contributed by atoms with Gasteiger partial charge in [-0.2, -0.15) is 0 Å². The number of nitrogens with two attached hydrogens (primary N) is 1. The molecule has 0 bridgehead atoms. The van der Waals surface area contributed by atoms with Gasteiger partial charge in [-0.1, -0.05) is 6.07 Å². The van der Waals surface area contributed by atoms with Crippen molar-refractivity contribution in [2.75, 3.05) is 0 Å². The number of hydrogen-bond acceptors (Lipinski definition) is 3. The van der Waals surface area contributed by atoms with Crippen LogP contribution in [0.25, 0.3) is 0 Å². The summed E-state index contributed by atoms with van der Waals surface area (Å²) in [6.45, 7) is 0. The smallest absolute Gasteiger partial charge is 0.194 e. The van der Waals surface area contributed by atoms with Gasteiger partial charge in [-0.25, -0.2) is 18.6 Å². The first-order valence-electron chi connectivity index (χ1n) is 5.25. The van der Waals surface area contributed by atoms with Crippen LogP contribution in [0.2, 0.25) is 0 Å². The second-order valence-electron chi connectivity index (χ2n) is 3.77. The maximum atomic E-state index is 13.7. The van der Waals surface area contributed by atoms with Gasteiger partial charge in [0.05, 0.1) is 11.7 Å². The van der Waals surface area contributed by atoms with Crippen LogP contribution in [-0.4, -0.2) is 4.98 Å². The molecule has 100 valence electrons. The Morgan fingerprint density at radius 3 is 2.42 bits per heavy atom. The molecule has 1 unspecified atom stereocenters. The lowest BCUT2D eigenvalue weighted by Gasteiger charge is -2.17. The second kappa shape index (κ2) is 5.68. The fraction of sp³-hybridized carbons (Fsp3) is 0.0833.